The van der Waals surface area contributed by atoms with E-state index >= 15 is 0 Å². The number of carbonyl (C=O) groups excluding carboxylic acids is 3. The minimum atomic E-state index is -0.790. The Morgan fingerprint density at radius 2 is 0.487 bits per heavy atom. The molecule has 80 heavy (non-hydrogen) atoms. The third kappa shape index (κ3) is 65.1. The Morgan fingerprint density at radius 1 is 0.263 bits per heavy atom. The first-order valence-electron chi connectivity index (χ1n) is 34.2. The number of carbonyl (C=O) groups is 3. The van der Waals surface area contributed by atoms with Crippen LogP contribution in [0.15, 0.2) is 97.2 Å². The van der Waals surface area contributed by atoms with E-state index in [-0.39, 0.29) is 31.1 Å². The molecule has 0 spiro atoms. The van der Waals surface area contributed by atoms with Crippen LogP contribution in [-0.4, -0.2) is 37.2 Å². The fraction of sp³-hybridized carbons (Fsp3) is 0.743. The van der Waals surface area contributed by atoms with E-state index in [9.17, 15) is 14.4 Å². The molecule has 0 saturated heterocycles. The summed E-state index contributed by atoms with van der Waals surface area (Å²) in [7, 11) is 0. The fourth-order valence-corrected chi connectivity index (χ4v) is 9.71. The lowest BCUT2D eigenvalue weighted by Gasteiger charge is -2.18. The zero-order chi connectivity index (χ0) is 57.8. The second kappa shape index (κ2) is 67.8. The maximum absolute atomic E-state index is 12.9. The summed E-state index contributed by atoms with van der Waals surface area (Å²) >= 11 is 0. The van der Waals surface area contributed by atoms with E-state index in [1.807, 2.05) is 0 Å². The van der Waals surface area contributed by atoms with Gasteiger partial charge in [-0.25, -0.2) is 0 Å². The zero-order valence-electron chi connectivity index (χ0n) is 52.8. The number of unbranched alkanes of at least 4 members (excludes halogenated alkanes) is 35. The number of ether oxygens (including phenoxy) is 3. The van der Waals surface area contributed by atoms with Gasteiger partial charge in [0, 0.05) is 19.3 Å². The first-order chi connectivity index (χ1) is 39.5. The molecule has 0 fully saturated rings. The SMILES string of the molecule is CC/C=C\C/C=C\C/C=C\C/C=C\C/C=C\C/C=C\C/C=C\CCCCCCCC(=O)OCC(COC(=O)CCCCCCC/C=C\CCCCCCC)OC(=O)CCCCCCCCCCCCCCCCCCCCCCC. The monoisotopic (exact) mass is 1110 g/mol. The van der Waals surface area contributed by atoms with Gasteiger partial charge in [0.1, 0.15) is 13.2 Å². The van der Waals surface area contributed by atoms with Gasteiger partial charge in [-0.3, -0.25) is 14.4 Å². The molecule has 6 nitrogen and oxygen atoms in total. The van der Waals surface area contributed by atoms with Crippen molar-refractivity contribution in [3.05, 3.63) is 97.2 Å². The van der Waals surface area contributed by atoms with E-state index in [4.69, 9.17) is 14.2 Å². The average molecular weight is 1110 g/mol. The van der Waals surface area contributed by atoms with E-state index in [0.29, 0.717) is 19.3 Å². The molecule has 0 aliphatic heterocycles. The zero-order valence-corrected chi connectivity index (χ0v) is 52.8. The number of hydrogen-bond donors (Lipinski definition) is 0. The summed E-state index contributed by atoms with van der Waals surface area (Å²) in [6, 6.07) is 0. The van der Waals surface area contributed by atoms with Crippen LogP contribution in [0.25, 0.3) is 0 Å². The van der Waals surface area contributed by atoms with Crippen LogP contribution in [0.5, 0.6) is 0 Å². The van der Waals surface area contributed by atoms with Crippen LogP contribution in [0.1, 0.15) is 335 Å². The minimum Gasteiger partial charge on any atom is -0.462 e. The van der Waals surface area contributed by atoms with Crippen molar-refractivity contribution in [1.29, 1.82) is 0 Å². The van der Waals surface area contributed by atoms with Gasteiger partial charge >= 0.3 is 17.9 Å². The molecule has 0 bridgehead atoms. The molecule has 0 aromatic carbocycles. The van der Waals surface area contributed by atoms with Crippen molar-refractivity contribution < 1.29 is 28.6 Å². The quantitative estimate of drug-likeness (QED) is 0.0261. The summed E-state index contributed by atoms with van der Waals surface area (Å²) in [6.45, 7) is 6.54. The second-order valence-electron chi connectivity index (χ2n) is 22.7. The van der Waals surface area contributed by atoms with Gasteiger partial charge in [0.05, 0.1) is 0 Å². The van der Waals surface area contributed by atoms with Crippen LogP contribution in [-0.2, 0) is 28.6 Å². The summed E-state index contributed by atoms with van der Waals surface area (Å²) < 4.78 is 17.0. The number of esters is 3. The summed E-state index contributed by atoms with van der Waals surface area (Å²) in [4.78, 5) is 38.4. The average Bonchev–Trinajstić information content (AvgIpc) is 3.46. The van der Waals surface area contributed by atoms with Crippen molar-refractivity contribution in [2.45, 2.75) is 341 Å². The molecule has 0 radical (unpaired) electrons. The first-order valence-corrected chi connectivity index (χ1v) is 34.2. The van der Waals surface area contributed by atoms with E-state index in [1.54, 1.807) is 0 Å². The van der Waals surface area contributed by atoms with E-state index < -0.39 is 6.10 Å². The van der Waals surface area contributed by atoms with Gasteiger partial charge in [-0.1, -0.05) is 311 Å². The van der Waals surface area contributed by atoms with Crippen LogP contribution in [0.4, 0.5) is 0 Å². The van der Waals surface area contributed by atoms with Gasteiger partial charge < -0.3 is 14.2 Å². The Morgan fingerprint density at radius 3 is 0.775 bits per heavy atom. The third-order valence-electron chi connectivity index (χ3n) is 14.8. The van der Waals surface area contributed by atoms with Crippen molar-refractivity contribution in [2.75, 3.05) is 13.2 Å². The molecule has 0 amide bonds. The lowest BCUT2D eigenvalue weighted by atomic mass is 10.0. The van der Waals surface area contributed by atoms with Crippen LogP contribution in [0.3, 0.4) is 0 Å². The third-order valence-corrected chi connectivity index (χ3v) is 14.8. The summed E-state index contributed by atoms with van der Waals surface area (Å²) in [5, 5.41) is 0. The van der Waals surface area contributed by atoms with Gasteiger partial charge in [-0.05, 0) is 103 Å². The molecular formula is C74H128O6. The van der Waals surface area contributed by atoms with Crippen LogP contribution < -0.4 is 0 Å². The second-order valence-corrected chi connectivity index (χ2v) is 22.7. The standard InChI is InChI=1S/C74H128O6/c1-4-7-10-13-16-19-22-25-28-30-32-34-35-36-37-38-39-41-42-44-46-49-52-55-58-61-64-67-73(76)79-70-71(69-78-72(75)66-63-60-57-54-51-48-27-24-21-18-15-12-9-6-3)80-74(77)68-65-62-59-56-53-50-47-45-43-40-33-31-29-26-23-20-17-14-11-8-5-2/h7,10,16,19,24-25,27-28,32,34,36-37,39,41,44,46,71H,4-6,8-9,11-15,17-18,20-23,26,29-31,33,35,38,40,42-43,45,47-70H2,1-3H3/b10-7-,19-16-,27-24-,28-25-,34-32-,37-36-,41-39-,46-44-. The van der Waals surface area contributed by atoms with Gasteiger partial charge in [0.2, 0.25) is 0 Å². The largest absolute Gasteiger partial charge is 0.462 e. The van der Waals surface area contributed by atoms with Crippen LogP contribution in [0.2, 0.25) is 0 Å². The Balaban J connectivity index is 4.36. The van der Waals surface area contributed by atoms with Gasteiger partial charge in [0.15, 0.2) is 6.10 Å². The highest BCUT2D eigenvalue weighted by Crippen LogP contribution is 2.17. The lowest BCUT2D eigenvalue weighted by molar-refractivity contribution is -0.167. The fourth-order valence-electron chi connectivity index (χ4n) is 9.71. The summed E-state index contributed by atoms with van der Waals surface area (Å²) in [6.07, 6.45) is 91.3. The van der Waals surface area contributed by atoms with Crippen LogP contribution in [0, 0.1) is 0 Å². The Labute approximate surface area is 496 Å². The van der Waals surface area contributed by atoms with Crippen molar-refractivity contribution in [2.24, 2.45) is 0 Å². The van der Waals surface area contributed by atoms with Crippen molar-refractivity contribution in [3.63, 3.8) is 0 Å². The molecular weight excluding hydrogens is 985 g/mol. The highest BCUT2D eigenvalue weighted by Gasteiger charge is 2.19. The van der Waals surface area contributed by atoms with Gasteiger partial charge in [-0.15, -0.1) is 0 Å². The molecule has 0 saturated carbocycles. The van der Waals surface area contributed by atoms with Gasteiger partial charge in [-0.2, -0.15) is 0 Å². The maximum Gasteiger partial charge on any atom is 0.306 e. The van der Waals surface area contributed by atoms with Crippen LogP contribution >= 0.6 is 0 Å². The highest BCUT2D eigenvalue weighted by atomic mass is 16.6. The number of allylic oxidation sites excluding steroid dienone is 16. The molecule has 1 atom stereocenters. The summed E-state index contributed by atoms with van der Waals surface area (Å²) in [5.74, 6) is -0.897. The van der Waals surface area contributed by atoms with E-state index in [2.05, 4.69) is 118 Å². The molecule has 0 aliphatic rings. The highest BCUT2D eigenvalue weighted by molar-refractivity contribution is 5.71. The predicted octanol–water partition coefficient (Wildman–Crippen LogP) is 23.6. The maximum atomic E-state index is 12.9. The smallest absolute Gasteiger partial charge is 0.306 e. The Hall–Kier alpha value is -3.67. The number of hydrogen-bond acceptors (Lipinski definition) is 6. The molecule has 0 N–H and O–H groups in total. The lowest BCUT2D eigenvalue weighted by Crippen LogP contribution is -2.30. The molecule has 6 heteroatoms. The molecule has 0 rings (SSSR count). The normalized spacial score (nSPS) is 12.7. The van der Waals surface area contributed by atoms with Crippen molar-refractivity contribution in [3.8, 4) is 0 Å². The topological polar surface area (TPSA) is 78.9 Å². The molecule has 0 aliphatic carbocycles. The summed E-state index contributed by atoms with van der Waals surface area (Å²) in [5.41, 5.74) is 0. The van der Waals surface area contributed by atoms with Crippen molar-refractivity contribution >= 4 is 17.9 Å². The predicted molar refractivity (Wildman–Crippen MR) is 348 cm³/mol. The molecule has 1 unspecified atom stereocenters. The first kappa shape index (κ1) is 76.3. The molecule has 0 aromatic heterocycles. The Kier molecular flexibility index (Phi) is 64.7. The Bertz CT molecular complexity index is 1560. The molecule has 460 valence electrons. The minimum absolute atomic E-state index is 0.0854. The van der Waals surface area contributed by atoms with E-state index in [1.165, 1.54) is 167 Å². The molecule has 0 heterocycles. The molecule has 0 aromatic rings. The van der Waals surface area contributed by atoms with Gasteiger partial charge in [0.25, 0.3) is 0 Å². The number of rotatable bonds is 62. The van der Waals surface area contributed by atoms with Crippen molar-refractivity contribution in [1.82, 2.24) is 0 Å². The van der Waals surface area contributed by atoms with E-state index in [0.717, 1.165) is 128 Å².